The highest BCUT2D eigenvalue weighted by Gasteiger charge is 2.41. The topological polar surface area (TPSA) is 58.2 Å². The molecule has 0 aromatic rings. The number of nitrogens with one attached hydrogen (secondary N) is 2. The summed E-state index contributed by atoms with van der Waals surface area (Å²) in [7, 11) is -3.15. The van der Waals surface area contributed by atoms with Crippen LogP contribution in [0.25, 0.3) is 0 Å². The molecule has 5 heteroatoms. The number of rotatable bonds is 6. The molecule has 0 aromatic carbocycles. The monoisotopic (exact) mass is 272 g/mol. The number of fused-ring (bicyclic) bond motifs is 2. The third-order valence-electron chi connectivity index (χ3n) is 4.85. The molecule has 0 aromatic heterocycles. The maximum absolute atomic E-state index is 12.2. The molecule has 3 aliphatic carbocycles. The molecule has 0 amide bonds. The molecule has 3 saturated carbocycles. The fourth-order valence-corrected chi connectivity index (χ4v) is 4.70. The van der Waals surface area contributed by atoms with Crippen molar-refractivity contribution in [3.8, 4) is 0 Å². The van der Waals surface area contributed by atoms with Gasteiger partial charge in [0.2, 0.25) is 10.0 Å². The van der Waals surface area contributed by atoms with E-state index in [4.69, 9.17) is 0 Å². The average molecular weight is 272 g/mol. The molecule has 4 atom stereocenters. The summed E-state index contributed by atoms with van der Waals surface area (Å²) in [6, 6.07) is 0.794. The number of sulfonamides is 1. The van der Waals surface area contributed by atoms with Gasteiger partial charge in [0, 0.05) is 18.6 Å². The summed E-state index contributed by atoms with van der Waals surface area (Å²) in [6.07, 6.45) is 7.22. The zero-order valence-corrected chi connectivity index (χ0v) is 11.9. The molecule has 0 aliphatic heterocycles. The summed E-state index contributed by atoms with van der Waals surface area (Å²) in [6.45, 7) is 2.39. The van der Waals surface area contributed by atoms with Gasteiger partial charge in [0.15, 0.2) is 0 Å². The van der Waals surface area contributed by atoms with Gasteiger partial charge in [-0.3, -0.25) is 0 Å². The van der Waals surface area contributed by atoms with Crippen LogP contribution in [0.5, 0.6) is 0 Å². The first-order chi connectivity index (χ1) is 8.54. The molecule has 2 N–H and O–H groups in total. The van der Waals surface area contributed by atoms with Gasteiger partial charge in [0.1, 0.15) is 0 Å². The van der Waals surface area contributed by atoms with Crippen molar-refractivity contribution in [1.29, 1.82) is 0 Å². The Balaban J connectivity index is 1.53. The molecule has 3 rings (SSSR count). The fourth-order valence-electron chi connectivity index (χ4n) is 3.45. The Bertz CT molecular complexity index is 405. The average Bonchev–Trinajstić information content (AvgIpc) is 2.93. The highest BCUT2D eigenvalue weighted by molar-refractivity contribution is 7.90. The molecule has 0 heterocycles. The van der Waals surface area contributed by atoms with Gasteiger partial charge in [-0.1, -0.05) is 6.42 Å². The van der Waals surface area contributed by atoms with Gasteiger partial charge in [-0.25, -0.2) is 13.1 Å². The van der Waals surface area contributed by atoms with Gasteiger partial charge < -0.3 is 5.32 Å². The van der Waals surface area contributed by atoms with Crippen LogP contribution in [-0.4, -0.2) is 32.3 Å². The minimum atomic E-state index is -3.15. The van der Waals surface area contributed by atoms with Crippen molar-refractivity contribution in [1.82, 2.24) is 10.0 Å². The summed E-state index contributed by atoms with van der Waals surface area (Å²) in [5.74, 6) is 1.39. The molecule has 4 unspecified atom stereocenters. The van der Waals surface area contributed by atoms with Crippen molar-refractivity contribution in [2.24, 2.45) is 11.8 Å². The molecule has 3 fully saturated rings. The molecular weight excluding hydrogens is 248 g/mol. The van der Waals surface area contributed by atoms with Gasteiger partial charge in [-0.2, -0.15) is 0 Å². The van der Waals surface area contributed by atoms with Crippen LogP contribution in [0.1, 0.15) is 45.4 Å². The van der Waals surface area contributed by atoms with Crippen LogP contribution in [0, 0.1) is 11.8 Å². The maximum Gasteiger partial charge on any atom is 0.215 e. The van der Waals surface area contributed by atoms with E-state index < -0.39 is 10.0 Å². The van der Waals surface area contributed by atoms with Gasteiger partial charge in [-0.05, 0) is 50.9 Å². The molecule has 2 bridgehead atoms. The van der Waals surface area contributed by atoms with E-state index in [1.807, 2.05) is 6.92 Å². The number of hydrogen-bond donors (Lipinski definition) is 2. The quantitative estimate of drug-likeness (QED) is 0.765. The van der Waals surface area contributed by atoms with Crippen molar-refractivity contribution >= 4 is 10.0 Å². The lowest BCUT2D eigenvalue weighted by atomic mass is 9.96. The van der Waals surface area contributed by atoms with Crippen LogP contribution in [0.4, 0.5) is 0 Å². The molecule has 3 aliphatic rings. The Morgan fingerprint density at radius 3 is 2.50 bits per heavy atom. The SMILES string of the molecule is CC(CNC1CC1)S(=O)(=O)NC1CC2CCC1C2. The zero-order valence-electron chi connectivity index (χ0n) is 11.1. The second-order valence-electron chi connectivity index (χ2n) is 6.44. The second-order valence-corrected chi connectivity index (χ2v) is 8.57. The van der Waals surface area contributed by atoms with Crippen molar-refractivity contribution in [2.45, 2.75) is 62.8 Å². The summed E-state index contributed by atoms with van der Waals surface area (Å²) in [5, 5.41) is 2.98. The molecule has 104 valence electrons. The first-order valence-electron chi connectivity index (χ1n) is 7.29. The van der Waals surface area contributed by atoms with Crippen LogP contribution in [-0.2, 0) is 10.0 Å². The Labute approximate surface area is 110 Å². The Hall–Kier alpha value is -0.130. The third-order valence-corrected chi connectivity index (χ3v) is 6.71. The second kappa shape index (κ2) is 4.76. The Kier molecular flexibility index (Phi) is 3.41. The molecule has 0 saturated heterocycles. The van der Waals surface area contributed by atoms with E-state index in [1.165, 1.54) is 32.1 Å². The summed E-state index contributed by atoms with van der Waals surface area (Å²) < 4.78 is 27.5. The van der Waals surface area contributed by atoms with E-state index >= 15 is 0 Å². The van der Waals surface area contributed by atoms with E-state index in [0.29, 0.717) is 18.5 Å². The maximum atomic E-state index is 12.2. The van der Waals surface area contributed by atoms with E-state index in [9.17, 15) is 8.42 Å². The van der Waals surface area contributed by atoms with Crippen LogP contribution >= 0.6 is 0 Å². The minimum absolute atomic E-state index is 0.220. The molecule has 0 radical (unpaired) electrons. The molecule has 0 spiro atoms. The summed E-state index contributed by atoms with van der Waals surface area (Å²) in [4.78, 5) is 0. The van der Waals surface area contributed by atoms with Crippen molar-refractivity contribution < 1.29 is 8.42 Å². The third kappa shape index (κ3) is 2.73. The smallest absolute Gasteiger partial charge is 0.215 e. The molecular formula is C13H24N2O2S. The van der Waals surface area contributed by atoms with Crippen LogP contribution < -0.4 is 10.0 Å². The number of hydrogen-bond acceptors (Lipinski definition) is 3. The summed E-state index contributed by atoms with van der Waals surface area (Å²) in [5.41, 5.74) is 0. The lowest BCUT2D eigenvalue weighted by Crippen LogP contribution is -2.45. The van der Waals surface area contributed by atoms with E-state index in [1.54, 1.807) is 0 Å². The van der Waals surface area contributed by atoms with E-state index in [0.717, 1.165) is 12.3 Å². The zero-order chi connectivity index (χ0) is 12.8. The predicted octanol–water partition coefficient (Wildman–Crippen LogP) is 1.23. The summed E-state index contributed by atoms with van der Waals surface area (Å²) >= 11 is 0. The largest absolute Gasteiger partial charge is 0.313 e. The van der Waals surface area contributed by atoms with Gasteiger partial charge >= 0.3 is 0 Å². The van der Waals surface area contributed by atoms with Crippen LogP contribution in [0.3, 0.4) is 0 Å². The van der Waals surface area contributed by atoms with E-state index in [2.05, 4.69) is 10.0 Å². The predicted molar refractivity (Wildman–Crippen MR) is 71.8 cm³/mol. The van der Waals surface area contributed by atoms with Gasteiger partial charge in [-0.15, -0.1) is 0 Å². The van der Waals surface area contributed by atoms with Gasteiger partial charge in [0.25, 0.3) is 0 Å². The fraction of sp³-hybridized carbons (Fsp3) is 1.00. The Morgan fingerprint density at radius 1 is 1.17 bits per heavy atom. The van der Waals surface area contributed by atoms with Crippen LogP contribution in [0.2, 0.25) is 0 Å². The van der Waals surface area contributed by atoms with Crippen LogP contribution in [0.15, 0.2) is 0 Å². The van der Waals surface area contributed by atoms with Crippen molar-refractivity contribution in [3.05, 3.63) is 0 Å². The first-order valence-corrected chi connectivity index (χ1v) is 8.84. The normalized spacial score (nSPS) is 37.1. The standard InChI is InChI=1S/C13H24N2O2S/c1-9(8-14-12-4-5-12)18(16,17)15-13-7-10-2-3-11(13)6-10/h9-15H,2-8H2,1H3. The minimum Gasteiger partial charge on any atom is -0.313 e. The van der Waals surface area contributed by atoms with E-state index in [-0.39, 0.29) is 11.3 Å². The van der Waals surface area contributed by atoms with Crippen molar-refractivity contribution in [2.75, 3.05) is 6.54 Å². The Morgan fingerprint density at radius 2 is 1.94 bits per heavy atom. The highest BCUT2D eigenvalue weighted by Crippen LogP contribution is 2.44. The van der Waals surface area contributed by atoms with Crippen molar-refractivity contribution in [3.63, 3.8) is 0 Å². The lowest BCUT2D eigenvalue weighted by molar-refractivity contribution is 0.388. The lowest BCUT2D eigenvalue weighted by Gasteiger charge is -2.25. The first kappa shape index (κ1) is 12.9. The van der Waals surface area contributed by atoms with Gasteiger partial charge in [0.05, 0.1) is 5.25 Å². The highest BCUT2D eigenvalue weighted by atomic mass is 32.2. The molecule has 4 nitrogen and oxygen atoms in total. The molecule has 18 heavy (non-hydrogen) atoms.